The molecule has 32 heavy (non-hydrogen) atoms. The molecule has 0 spiro atoms. The molecular formula is C24H21FN6O. The smallest absolute Gasteiger partial charge is 0.232 e. The van der Waals surface area contributed by atoms with Crippen LogP contribution in [0.5, 0.6) is 5.88 Å². The van der Waals surface area contributed by atoms with Gasteiger partial charge in [-0.25, -0.2) is 14.4 Å². The number of halogens is 1. The minimum absolute atomic E-state index is 0.0128. The third-order valence-electron chi connectivity index (χ3n) is 5.64. The second-order valence-corrected chi connectivity index (χ2v) is 7.96. The molecule has 5 rings (SSSR count). The molecule has 1 N–H and O–H groups in total. The molecule has 0 saturated carbocycles. The van der Waals surface area contributed by atoms with Gasteiger partial charge >= 0.3 is 0 Å². The van der Waals surface area contributed by atoms with Gasteiger partial charge in [-0.1, -0.05) is 12.1 Å². The summed E-state index contributed by atoms with van der Waals surface area (Å²) in [6.07, 6.45) is 4.60. The summed E-state index contributed by atoms with van der Waals surface area (Å²) in [5.74, 6) is 0.229. The third kappa shape index (κ3) is 3.90. The molecule has 1 atom stereocenters. The quantitative estimate of drug-likeness (QED) is 0.522. The molecule has 1 unspecified atom stereocenters. The SMILES string of the molecule is Cn1cc2cc(-c3ncc(OCC4CCNC4)nc3-c3ccc(C#N)c(F)c3)ccc2n1. The van der Waals surface area contributed by atoms with E-state index in [1.54, 1.807) is 16.9 Å². The van der Waals surface area contributed by atoms with E-state index in [0.717, 1.165) is 36.0 Å². The summed E-state index contributed by atoms with van der Waals surface area (Å²) in [4.78, 5) is 9.33. The van der Waals surface area contributed by atoms with Gasteiger partial charge in [0.15, 0.2) is 0 Å². The number of aryl methyl sites for hydroxylation is 1. The van der Waals surface area contributed by atoms with E-state index in [1.165, 1.54) is 12.1 Å². The number of fused-ring (bicyclic) bond motifs is 1. The maximum Gasteiger partial charge on any atom is 0.232 e. The first-order valence-electron chi connectivity index (χ1n) is 10.4. The van der Waals surface area contributed by atoms with Gasteiger partial charge in [-0.05, 0) is 37.2 Å². The molecule has 0 aliphatic carbocycles. The lowest BCUT2D eigenvalue weighted by molar-refractivity contribution is 0.250. The van der Waals surface area contributed by atoms with Crippen molar-refractivity contribution >= 4 is 10.9 Å². The number of ether oxygens (including phenoxy) is 1. The molecule has 0 bridgehead atoms. The Hall–Kier alpha value is -3.83. The van der Waals surface area contributed by atoms with Crippen LogP contribution < -0.4 is 10.1 Å². The molecular weight excluding hydrogens is 407 g/mol. The van der Waals surface area contributed by atoms with Crippen LogP contribution in [0.25, 0.3) is 33.4 Å². The fraction of sp³-hybridized carbons (Fsp3) is 0.250. The number of aromatic nitrogens is 4. The molecule has 0 amide bonds. The lowest BCUT2D eigenvalue weighted by Crippen LogP contribution is -2.16. The van der Waals surface area contributed by atoms with Gasteiger partial charge in [0.25, 0.3) is 0 Å². The molecule has 3 heterocycles. The monoisotopic (exact) mass is 428 g/mol. The van der Waals surface area contributed by atoms with Crippen molar-refractivity contribution in [1.82, 2.24) is 25.1 Å². The van der Waals surface area contributed by atoms with Gasteiger partial charge in [-0.3, -0.25) is 4.68 Å². The van der Waals surface area contributed by atoms with E-state index in [0.29, 0.717) is 35.4 Å². The Bertz CT molecular complexity index is 1340. The van der Waals surface area contributed by atoms with E-state index in [4.69, 9.17) is 10.00 Å². The highest BCUT2D eigenvalue weighted by molar-refractivity contribution is 5.87. The van der Waals surface area contributed by atoms with Crippen LogP contribution in [0, 0.1) is 23.1 Å². The second kappa shape index (κ2) is 8.36. The molecule has 1 aliphatic heterocycles. The maximum atomic E-state index is 14.4. The van der Waals surface area contributed by atoms with Crippen LogP contribution in [-0.2, 0) is 7.05 Å². The van der Waals surface area contributed by atoms with E-state index in [-0.39, 0.29) is 5.56 Å². The highest BCUT2D eigenvalue weighted by Crippen LogP contribution is 2.33. The minimum Gasteiger partial charge on any atom is -0.476 e. The molecule has 2 aromatic heterocycles. The van der Waals surface area contributed by atoms with Crippen molar-refractivity contribution in [1.29, 1.82) is 5.26 Å². The van der Waals surface area contributed by atoms with Crippen molar-refractivity contribution in [3.05, 3.63) is 60.2 Å². The van der Waals surface area contributed by atoms with Gasteiger partial charge in [0.2, 0.25) is 5.88 Å². The summed E-state index contributed by atoms with van der Waals surface area (Å²) < 4.78 is 22.1. The van der Waals surface area contributed by atoms with Gasteiger partial charge in [0, 0.05) is 42.2 Å². The Morgan fingerprint density at radius 2 is 2.06 bits per heavy atom. The number of nitrogens with zero attached hydrogens (tertiary/aromatic N) is 5. The molecule has 2 aromatic carbocycles. The fourth-order valence-corrected chi connectivity index (χ4v) is 3.96. The van der Waals surface area contributed by atoms with E-state index in [1.807, 2.05) is 37.5 Å². The predicted octanol–water partition coefficient (Wildman–Crippen LogP) is 3.70. The zero-order chi connectivity index (χ0) is 22.1. The van der Waals surface area contributed by atoms with Gasteiger partial charge in [0.1, 0.15) is 17.6 Å². The first-order valence-corrected chi connectivity index (χ1v) is 10.4. The molecule has 0 radical (unpaired) electrons. The third-order valence-corrected chi connectivity index (χ3v) is 5.64. The summed E-state index contributed by atoms with van der Waals surface area (Å²) in [6.45, 7) is 2.46. The lowest BCUT2D eigenvalue weighted by Gasteiger charge is -2.13. The van der Waals surface area contributed by atoms with Gasteiger partial charge in [-0.2, -0.15) is 10.4 Å². The average Bonchev–Trinajstić information content (AvgIpc) is 3.45. The Kier molecular flexibility index (Phi) is 5.25. The number of rotatable bonds is 5. The summed E-state index contributed by atoms with van der Waals surface area (Å²) >= 11 is 0. The van der Waals surface area contributed by atoms with Crippen molar-refractivity contribution in [2.45, 2.75) is 6.42 Å². The Morgan fingerprint density at radius 1 is 1.22 bits per heavy atom. The van der Waals surface area contributed by atoms with E-state index >= 15 is 0 Å². The highest BCUT2D eigenvalue weighted by atomic mass is 19.1. The normalized spacial score (nSPS) is 15.7. The first-order chi connectivity index (χ1) is 15.6. The maximum absolute atomic E-state index is 14.4. The summed E-state index contributed by atoms with van der Waals surface area (Å²) in [5.41, 5.74) is 3.34. The minimum atomic E-state index is -0.594. The Morgan fingerprint density at radius 3 is 2.84 bits per heavy atom. The van der Waals surface area contributed by atoms with Crippen LogP contribution in [0.3, 0.4) is 0 Å². The molecule has 7 nitrogen and oxygen atoms in total. The van der Waals surface area contributed by atoms with Crippen molar-refractivity contribution < 1.29 is 9.13 Å². The molecule has 4 aromatic rings. The molecule has 8 heteroatoms. The van der Waals surface area contributed by atoms with Crippen molar-refractivity contribution in [3.63, 3.8) is 0 Å². The molecule has 160 valence electrons. The van der Waals surface area contributed by atoms with Gasteiger partial charge < -0.3 is 10.1 Å². The van der Waals surface area contributed by atoms with Crippen LogP contribution in [0.1, 0.15) is 12.0 Å². The van der Waals surface area contributed by atoms with Crippen LogP contribution in [-0.4, -0.2) is 39.4 Å². The number of nitrogens with one attached hydrogen (secondary N) is 1. The van der Waals surface area contributed by atoms with Crippen LogP contribution >= 0.6 is 0 Å². The summed E-state index contributed by atoms with van der Waals surface area (Å²) in [6, 6.07) is 12.1. The first kappa shape index (κ1) is 20.1. The Labute approximate surface area is 184 Å². The van der Waals surface area contributed by atoms with E-state index < -0.39 is 5.82 Å². The zero-order valence-electron chi connectivity index (χ0n) is 17.5. The second-order valence-electron chi connectivity index (χ2n) is 7.96. The van der Waals surface area contributed by atoms with Crippen molar-refractivity contribution in [2.24, 2.45) is 13.0 Å². The average molecular weight is 428 g/mol. The number of hydrogen-bond donors (Lipinski definition) is 1. The predicted molar refractivity (Wildman–Crippen MR) is 118 cm³/mol. The fourth-order valence-electron chi connectivity index (χ4n) is 3.96. The topological polar surface area (TPSA) is 88.6 Å². The van der Waals surface area contributed by atoms with Crippen molar-refractivity contribution in [2.75, 3.05) is 19.7 Å². The van der Waals surface area contributed by atoms with Crippen molar-refractivity contribution in [3.8, 4) is 34.5 Å². The van der Waals surface area contributed by atoms with E-state index in [2.05, 4.69) is 20.4 Å². The number of benzene rings is 2. The van der Waals surface area contributed by atoms with Crippen LogP contribution in [0.4, 0.5) is 4.39 Å². The van der Waals surface area contributed by atoms with Gasteiger partial charge in [-0.15, -0.1) is 0 Å². The highest BCUT2D eigenvalue weighted by Gasteiger charge is 2.18. The largest absolute Gasteiger partial charge is 0.476 e. The zero-order valence-corrected chi connectivity index (χ0v) is 17.5. The molecule has 1 fully saturated rings. The van der Waals surface area contributed by atoms with Crippen LogP contribution in [0.2, 0.25) is 0 Å². The summed E-state index contributed by atoms with van der Waals surface area (Å²) in [5, 5.41) is 17.8. The Balaban J connectivity index is 1.57. The number of nitriles is 1. The lowest BCUT2D eigenvalue weighted by atomic mass is 10.0. The standard InChI is InChI=1S/C24H21FN6O/c1-31-13-19-8-16(4-5-21(19)30-31)23-24(17-2-3-18(10-26)20(25)9-17)29-22(12-28-23)32-14-15-6-7-27-11-15/h2-5,8-9,12-13,15,27H,6-7,11,14H2,1H3. The number of hydrogen-bond acceptors (Lipinski definition) is 6. The molecule has 1 saturated heterocycles. The molecule has 1 aliphatic rings. The van der Waals surface area contributed by atoms with E-state index in [9.17, 15) is 4.39 Å². The summed E-state index contributed by atoms with van der Waals surface area (Å²) in [7, 11) is 1.87. The van der Waals surface area contributed by atoms with Crippen LogP contribution in [0.15, 0.2) is 48.8 Å². The van der Waals surface area contributed by atoms with Gasteiger partial charge in [0.05, 0.1) is 29.6 Å².